The number of carbonyl (C=O) groups is 2. The molecule has 6 heteroatoms. The molecule has 2 N–H and O–H groups in total. The highest BCUT2D eigenvalue weighted by Crippen LogP contribution is 2.10. The number of nitrogens with zero attached hydrogens (tertiary/aromatic N) is 1. The normalized spacial score (nSPS) is 10.5. The Labute approximate surface area is 140 Å². The maximum atomic E-state index is 13.1. The van der Waals surface area contributed by atoms with E-state index in [2.05, 4.69) is 10.6 Å². The second-order valence-electron chi connectivity index (χ2n) is 5.51. The minimum absolute atomic E-state index is 0.135. The molecule has 0 fully saturated rings. The Morgan fingerprint density at radius 2 is 1.83 bits per heavy atom. The van der Waals surface area contributed by atoms with E-state index in [1.807, 2.05) is 24.1 Å². The fourth-order valence-corrected chi connectivity index (χ4v) is 2.29. The summed E-state index contributed by atoms with van der Waals surface area (Å²) in [5, 5.41) is 5.22. The Hall–Kier alpha value is -2.73. The molecule has 0 unspecified atom stereocenters. The highest BCUT2D eigenvalue weighted by atomic mass is 19.1. The van der Waals surface area contributed by atoms with Crippen molar-refractivity contribution in [2.24, 2.45) is 0 Å². The van der Waals surface area contributed by atoms with Crippen molar-refractivity contribution in [1.29, 1.82) is 0 Å². The second kappa shape index (κ2) is 8.21. The summed E-state index contributed by atoms with van der Waals surface area (Å²) in [7, 11) is 3.40. The van der Waals surface area contributed by atoms with Crippen molar-refractivity contribution in [3.8, 4) is 0 Å². The number of hydrogen-bond donors (Lipinski definition) is 2. The molecule has 0 saturated carbocycles. The van der Waals surface area contributed by atoms with Crippen molar-refractivity contribution < 1.29 is 14.0 Å². The monoisotopic (exact) mass is 329 g/mol. The standard InChI is InChI=1S/C18H20FN3O2/c1-20-18(24)14-8-6-13(7-9-14)11-22(2)12-17(23)21-16-5-3-4-15(19)10-16/h3-10H,11-12H2,1-2H3,(H,20,24)(H,21,23). The zero-order valence-electron chi connectivity index (χ0n) is 13.7. The molecule has 0 aliphatic rings. The molecule has 2 aromatic carbocycles. The van der Waals surface area contributed by atoms with Crippen molar-refractivity contribution in [3.05, 3.63) is 65.5 Å². The van der Waals surface area contributed by atoms with E-state index in [-0.39, 0.29) is 18.4 Å². The fraction of sp³-hybridized carbons (Fsp3) is 0.222. The Morgan fingerprint density at radius 1 is 1.12 bits per heavy atom. The molecule has 2 aromatic rings. The van der Waals surface area contributed by atoms with E-state index < -0.39 is 5.82 Å². The summed E-state index contributed by atoms with van der Waals surface area (Å²) >= 11 is 0. The average molecular weight is 329 g/mol. The Balaban J connectivity index is 1.87. The van der Waals surface area contributed by atoms with Crippen LogP contribution in [0.15, 0.2) is 48.5 Å². The van der Waals surface area contributed by atoms with Gasteiger partial charge in [0.2, 0.25) is 5.91 Å². The van der Waals surface area contributed by atoms with Crippen LogP contribution >= 0.6 is 0 Å². The number of likely N-dealkylation sites (N-methyl/N-ethyl adjacent to an activating group) is 1. The third kappa shape index (κ3) is 5.17. The lowest BCUT2D eigenvalue weighted by molar-refractivity contribution is -0.117. The summed E-state index contributed by atoms with van der Waals surface area (Å²) in [6, 6.07) is 13.0. The third-order valence-electron chi connectivity index (χ3n) is 3.42. The van der Waals surface area contributed by atoms with E-state index >= 15 is 0 Å². The minimum atomic E-state index is -0.391. The van der Waals surface area contributed by atoms with Crippen LogP contribution in [0.5, 0.6) is 0 Å². The Bertz CT molecular complexity index is 716. The van der Waals surface area contributed by atoms with Crippen LogP contribution < -0.4 is 10.6 Å². The van der Waals surface area contributed by atoms with Crippen molar-refractivity contribution in [3.63, 3.8) is 0 Å². The SMILES string of the molecule is CNC(=O)c1ccc(CN(C)CC(=O)Nc2cccc(F)c2)cc1. The maximum Gasteiger partial charge on any atom is 0.251 e. The first-order chi connectivity index (χ1) is 11.5. The minimum Gasteiger partial charge on any atom is -0.355 e. The number of nitrogens with one attached hydrogen (secondary N) is 2. The van der Waals surface area contributed by atoms with Crippen LogP contribution in [0, 0.1) is 5.82 Å². The highest BCUT2D eigenvalue weighted by Gasteiger charge is 2.09. The molecule has 2 rings (SSSR count). The molecule has 0 radical (unpaired) electrons. The largest absolute Gasteiger partial charge is 0.355 e. The highest BCUT2D eigenvalue weighted by molar-refractivity contribution is 5.94. The number of amides is 2. The summed E-state index contributed by atoms with van der Waals surface area (Å²) in [5.74, 6) is -0.744. The van der Waals surface area contributed by atoms with Crippen LogP contribution in [0.25, 0.3) is 0 Å². The molecule has 0 aliphatic heterocycles. The zero-order valence-corrected chi connectivity index (χ0v) is 13.7. The van der Waals surface area contributed by atoms with Gasteiger partial charge in [-0.3, -0.25) is 14.5 Å². The fourth-order valence-electron chi connectivity index (χ4n) is 2.29. The number of hydrogen-bond acceptors (Lipinski definition) is 3. The molecule has 0 spiro atoms. The van der Waals surface area contributed by atoms with Gasteiger partial charge in [0.15, 0.2) is 0 Å². The number of rotatable bonds is 6. The van der Waals surface area contributed by atoms with Gasteiger partial charge in [-0.25, -0.2) is 4.39 Å². The van der Waals surface area contributed by atoms with Crippen molar-refractivity contribution in [2.45, 2.75) is 6.54 Å². The predicted molar refractivity (Wildman–Crippen MR) is 91.2 cm³/mol. The van der Waals surface area contributed by atoms with E-state index in [0.29, 0.717) is 17.8 Å². The van der Waals surface area contributed by atoms with Gasteiger partial charge in [0.25, 0.3) is 5.91 Å². The summed E-state index contributed by atoms with van der Waals surface area (Å²) in [5.41, 5.74) is 2.01. The van der Waals surface area contributed by atoms with E-state index in [1.165, 1.54) is 12.1 Å². The van der Waals surface area contributed by atoms with Crippen LogP contribution in [-0.2, 0) is 11.3 Å². The second-order valence-corrected chi connectivity index (χ2v) is 5.51. The Morgan fingerprint density at radius 3 is 2.46 bits per heavy atom. The van der Waals surface area contributed by atoms with E-state index in [1.54, 1.807) is 31.3 Å². The van der Waals surface area contributed by atoms with Crippen LogP contribution in [0.3, 0.4) is 0 Å². The predicted octanol–water partition coefficient (Wildman–Crippen LogP) is 2.26. The van der Waals surface area contributed by atoms with Crippen molar-refractivity contribution >= 4 is 17.5 Å². The quantitative estimate of drug-likeness (QED) is 0.854. The van der Waals surface area contributed by atoms with Gasteiger partial charge < -0.3 is 10.6 Å². The van der Waals surface area contributed by atoms with Crippen molar-refractivity contribution in [1.82, 2.24) is 10.2 Å². The number of anilines is 1. The Kier molecular flexibility index (Phi) is 6.03. The van der Waals surface area contributed by atoms with Crippen LogP contribution in [0.1, 0.15) is 15.9 Å². The number of halogens is 1. The van der Waals surface area contributed by atoms with Crippen LogP contribution in [0.2, 0.25) is 0 Å². The topological polar surface area (TPSA) is 61.4 Å². The number of benzene rings is 2. The molecule has 0 atom stereocenters. The summed E-state index contributed by atoms with van der Waals surface area (Å²) < 4.78 is 13.1. The van der Waals surface area contributed by atoms with Gasteiger partial charge in [-0.2, -0.15) is 0 Å². The lowest BCUT2D eigenvalue weighted by atomic mass is 10.1. The smallest absolute Gasteiger partial charge is 0.251 e. The van der Waals surface area contributed by atoms with Crippen molar-refractivity contribution in [2.75, 3.05) is 26.0 Å². The van der Waals surface area contributed by atoms with Gasteiger partial charge in [-0.1, -0.05) is 18.2 Å². The number of carbonyl (C=O) groups excluding carboxylic acids is 2. The molecule has 0 aromatic heterocycles. The molecular formula is C18H20FN3O2. The molecule has 5 nitrogen and oxygen atoms in total. The van der Waals surface area contributed by atoms with Gasteiger partial charge in [-0.15, -0.1) is 0 Å². The van der Waals surface area contributed by atoms with Crippen LogP contribution in [-0.4, -0.2) is 37.4 Å². The first kappa shape index (κ1) is 17.6. The molecule has 24 heavy (non-hydrogen) atoms. The first-order valence-electron chi connectivity index (χ1n) is 7.53. The third-order valence-corrected chi connectivity index (χ3v) is 3.42. The molecule has 0 bridgehead atoms. The summed E-state index contributed by atoms with van der Waals surface area (Å²) in [6.45, 7) is 0.734. The lowest BCUT2D eigenvalue weighted by Gasteiger charge is -2.16. The van der Waals surface area contributed by atoms with Gasteiger partial charge >= 0.3 is 0 Å². The lowest BCUT2D eigenvalue weighted by Crippen LogP contribution is -2.29. The van der Waals surface area contributed by atoms with Gasteiger partial charge in [0.1, 0.15) is 5.82 Å². The van der Waals surface area contributed by atoms with Gasteiger partial charge in [0, 0.05) is 24.8 Å². The van der Waals surface area contributed by atoms with E-state index in [0.717, 1.165) is 5.56 Å². The first-order valence-corrected chi connectivity index (χ1v) is 7.53. The zero-order chi connectivity index (χ0) is 17.5. The molecule has 0 aliphatic carbocycles. The molecule has 0 heterocycles. The molecule has 2 amide bonds. The van der Waals surface area contributed by atoms with Crippen LogP contribution in [0.4, 0.5) is 10.1 Å². The maximum absolute atomic E-state index is 13.1. The molecule has 126 valence electrons. The molecule has 0 saturated heterocycles. The summed E-state index contributed by atoms with van der Waals surface area (Å²) in [4.78, 5) is 25.3. The summed E-state index contributed by atoms with van der Waals surface area (Å²) in [6.07, 6.45) is 0. The van der Waals surface area contributed by atoms with E-state index in [4.69, 9.17) is 0 Å². The van der Waals surface area contributed by atoms with Gasteiger partial charge in [0.05, 0.1) is 6.54 Å². The van der Waals surface area contributed by atoms with Gasteiger partial charge in [-0.05, 0) is 42.9 Å². The molecular weight excluding hydrogens is 309 g/mol. The average Bonchev–Trinajstić information content (AvgIpc) is 2.54. The van der Waals surface area contributed by atoms with E-state index in [9.17, 15) is 14.0 Å².